The van der Waals surface area contributed by atoms with Gasteiger partial charge in [0.1, 0.15) is 5.82 Å². The van der Waals surface area contributed by atoms with Gasteiger partial charge in [-0.05, 0) is 43.0 Å². The molecule has 0 aromatic heterocycles. The van der Waals surface area contributed by atoms with Crippen LogP contribution in [0.2, 0.25) is 0 Å². The molecule has 1 aliphatic rings. The summed E-state index contributed by atoms with van der Waals surface area (Å²) in [5, 5.41) is 12.1. The van der Waals surface area contributed by atoms with Crippen molar-refractivity contribution in [3.8, 4) is 0 Å². The van der Waals surface area contributed by atoms with Crippen LogP contribution in [-0.2, 0) is 16.1 Å². The molecule has 1 fully saturated rings. The smallest absolute Gasteiger partial charge is 0.306 e. The second-order valence-electron chi connectivity index (χ2n) is 5.57. The fraction of sp³-hybridized carbons (Fsp3) is 0.533. The summed E-state index contributed by atoms with van der Waals surface area (Å²) in [6.07, 6.45) is 1.04. The third-order valence-corrected chi connectivity index (χ3v) is 3.90. The Labute approximate surface area is 117 Å². The van der Waals surface area contributed by atoms with Gasteiger partial charge in [0.05, 0.1) is 11.5 Å². The molecule has 1 saturated carbocycles. The first-order valence-corrected chi connectivity index (χ1v) is 6.69. The Morgan fingerprint density at radius 3 is 2.75 bits per heavy atom. The monoisotopic (exact) mass is 281 g/mol. The van der Waals surface area contributed by atoms with Gasteiger partial charge in [-0.15, -0.1) is 0 Å². The third kappa shape index (κ3) is 3.35. The molecule has 0 aliphatic heterocycles. The van der Waals surface area contributed by atoms with Gasteiger partial charge in [-0.3, -0.25) is 4.79 Å². The number of rotatable bonds is 6. The molecule has 0 unspecified atom stereocenters. The van der Waals surface area contributed by atoms with E-state index in [-0.39, 0.29) is 11.7 Å². The first kappa shape index (κ1) is 14.9. The molecule has 1 aliphatic carbocycles. The molecular formula is C15H20FNO3. The van der Waals surface area contributed by atoms with Crippen molar-refractivity contribution in [2.24, 2.45) is 5.92 Å². The number of carboxylic acids is 1. The van der Waals surface area contributed by atoms with Gasteiger partial charge in [0, 0.05) is 20.2 Å². The fourth-order valence-corrected chi connectivity index (χ4v) is 2.74. The number of hydrogen-bond acceptors (Lipinski definition) is 3. The minimum absolute atomic E-state index is 0.238. The predicted octanol–water partition coefficient (Wildman–Crippen LogP) is 2.10. The highest BCUT2D eigenvalue weighted by molar-refractivity contribution is 5.71. The van der Waals surface area contributed by atoms with Crippen LogP contribution in [0.3, 0.4) is 0 Å². The number of benzene rings is 1. The van der Waals surface area contributed by atoms with Gasteiger partial charge < -0.3 is 15.2 Å². The van der Waals surface area contributed by atoms with Crippen LogP contribution in [0.1, 0.15) is 24.0 Å². The number of hydrogen-bond donors (Lipinski definition) is 2. The summed E-state index contributed by atoms with van der Waals surface area (Å²) in [4.78, 5) is 10.8. The Hall–Kier alpha value is -1.46. The van der Waals surface area contributed by atoms with Crippen LogP contribution in [0.15, 0.2) is 18.2 Å². The molecule has 1 aromatic carbocycles. The van der Waals surface area contributed by atoms with Gasteiger partial charge in [0.2, 0.25) is 0 Å². The molecule has 0 amide bonds. The SMILES string of the molecule is COC1(CNCc2cc(C)cc(F)c2)CC(C(=O)O)C1. The summed E-state index contributed by atoms with van der Waals surface area (Å²) >= 11 is 0. The first-order valence-electron chi connectivity index (χ1n) is 6.69. The molecule has 0 atom stereocenters. The van der Waals surface area contributed by atoms with E-state index in [1.54, 1.807) is 7.11 Å². The molecule has 0 radical (unpaired) electrons. The molecule has 5 heteroatoms. The van der Waals surface area contributed by atoms with E-state index in [1.165, 1.54) is 12.1 Å². The van der Waals surface area contributed by atoms with Crippen molar-refractivity contribution in [2.75, 3.05) is 13.7 Å². The maximum Gasteiger partial charge on any atom is 0.306 e. The molecule has 0 spiro atoms. The molecule has 0 saturated heterocycles. The number of nitrogens with one attached hydrogen (secondary N) is 1. The minimum atomic E-state index is -0.765. The van der Waals surface area contributed by atoms with Gasteiger partial charge in [-0.1, -0.05) is 6.07 Å². The predicted molar refractivity (Wildman–Crippen MR) is 72.9 cm³/mol. The lowest BCUT2D eigenvalue weighted by atomic mass is 9.70. The van der Waals surface area contributed by atoms with Crippen LogP contribution in [0, 0.1) is 18.7 Å². The van der Waals surface area contributed by atoms with Crippen LogP contribution in [0.4, 0.5) is 4.39 Å². The Kier molecular flexibility index (Phi) is 4.40. The summed E-state index contributed by atoms with van der Waals surface area (Å²) in [6, 6.07) is 4.92. The quantitative estimate of drug-likeness (QED) is 0.838. The molecule has 2 N–H and O–H groups in total. The Morgan fingerprint density at radius 2 is 2.20 bits per heavy atom. The lowest BCUT2D eigenvalue weighted by Crippen LogP contribution is -2.54. The van der Waals surface area contributed by atoms with Crippen LogP contribution in [0.5, 0.6) is 0 Å². The molecular weight excluding hydrogens is 261 g/mol. The van der Waals surface area contributed by atoms with E-state index in [2.05, 4.69) is 5.32 Å². The van der Waals surface area contributed by atoms with Crippen molar-refractivity contribution < 1.29 is 19.0 Å². The summed E-state index contributed by atoms with van der Waals surface area (Å²) in [5.74, 6) is -1.32. The highest BCUT2D eigenvalue weighted by Gasteiger charge is 2.47. The molecule has 2 rings (SSSR count). The Morgan fingerprint density at radius 1 is 1.50 bits per heavy atom. The van der Waals surface area contributed by atoms with Crippen molar-refractivity contribution in [1.82, 2.24) is 5.32 Å². The fourth-order valence-electron chi connectivity index (χ4n) is 2.74. The van der Waals surface area contributed by atoms with Gasteiger partial charge in [-0.25, -0.2) is 4.39 Å². The van der Waals surface area contributed by atoms with E-state index in [0.717, 1.165) is 11.1 Å². The second-order valence-corrected chi connectivity index (χ2v) is 5.57. The van der Waals surface area contributed by atoms with E-state index in [9.17, 15) is 9.18 Å². The zero-order chi connectivity index (χ0) is 14.8. The average Bonchev–Trinajstić information content (AvgIpc) is 2.30. The van der Waals surface area contributed by atoms with Crippen LogP contribution in [-0.4, -0.2) is 30.3 Å². The summed E-state index contributed by atoms with van der Waals surface area (Å²) in [6.45, 7) is 2.97. The standard InChI is InChI=1S/C15H20FNO3/c1-10-3-11(5-13(16)4-10)8-17-9-15(20-2)6-12(7-15)14(18)19/h3-5,12,17H,6-9H2,1-2H3,(H,18,19). The minimum Gasteiger partial charge on any atom is -0.481 e. The van der Waals surface area contributed by atoms with E-state index in [0.29, 0.717) is 25.9 Å². The number of halogens is 1. The summed E-state index contributed by atoms with van der Waals surface area (Å²) < 4.78 is 18.7. The molecule has 110 valence electrons. The largest absolute Gasteiger partial charge is 0.481 e. The van der Waals surface area contributed by atoms with E-state index < -0.39 is 11.6 Å². The normalized spacial score (nSPS) is 25.2. The summed E-state index contributed by atoms with van der Waals surface area (Å²) in [7, 11) is 1.60. The summed E-state index contributed by atoms with van der Waals surface area (Å²) in [5.41, 5.74) is 1.37. The number of aliphatic carboxylic acids is 1. The van der Waals surface area contributed by atoms with E-state index in [4.69, 9.17) is 9.84 Å². The number of ether oxygens (including phenoxy) is 1. The van der Waals surface area contributed by atoms with Gasteiger partial charge in [0.25, 0.3) is 0 Å². The van der Waals surface area contributed by atoms with E-state index in [1.807, 2.05) is 13.0 Å². The van der Waals surface area contributed by atoms with Crippen molar-refractivity contribution in [3.63, 3.8) is 0 Å². The van der Waals surface area contributed by atoms with E-state index >= 15 is 0 Å². The number of methoxy groups -OCH3 is 1. The van der Waals surface area contributed by atoms with Crippen LogP contribution >= 0.6 is 0 Å². The molecule has 4 nitrogen and oxygen atoms in total. The molecule has 0 bridgehead atoms. The maximum atomic E-state index is 13.3. The zero-order valence-corrected chi connectivity index (χ0v) is 11.8. The highest BCUT2D eigenvalue weighted by Crippen LogP contribution is 2.40. The molecule has 0 heterocycles. The van der Waals surface area contributed by atoms with Crippen molar-refractivity contribution in [1.29, 1.82) is 0 Å². The third-order valence-electron chi connectivity index (χ3n) is 3.90. The lowest BCUT2D eigenvalue weighted by molar-refractivity contribution is -0.162. The maximum absolute atomic E-state index is 13.3. The van der Waals surface area contributed by atoms with Gasteiger partial charge in [-0.2, -0.15) is 0 Å². The topological polar surface area (TPSA) is 58.6 Å². The Balaban J connectivity index is 1.84. The van der Waals surface area contributed by atoms with Crippen molar-refractivity contribution >= 4 is 5.97 Å². The van der Waals surface area contributed by atoms with Crippen LogP contribution in [0.25, 0.3) is 0 Å². The second kappa shape index (κ2) is 5.89. The number of aryl methyl sites for hydroxylation is 1. The lowest BCUT2D eigenvalue weighted by Gasteiger charge is -2.44. The Bertz CT molecular complexity index is 478. The van der Waals surface area contributed by atoms with Crippen molar-refractivity contribution in [2.45, 2.75) is 31.9 Å². The number of carbonyl (C=O) groups is 1. The molecule has 20 heavy (non-hydrogen) atoms. The number of carboxylic acid groups (broad SMARTS) is 1. The zero-order valence-electron chi connectivity index (χ0n) is 11.8. The van der Waals surface area contributed by atoms with Crippen molar-refractivity contribution in [3.05, 3.63) is 35.1 Å². The van der Waals surface area contributed by atoms with Gasteiger partial charge in [0.15, 0.2) is 0 Å². The van der Waals surface area contributed by atoms with Crippen LogP contribution < -0.4 is 5.32 Å². The highest BCUT2D eigenvalue weighted by atomic mass is 19.1. The first-order chi connectivity index (χ1) is 9.44. The van der Waals surface area contributed by atoms with Gasteiger partial charge >= 0.3 is 5.97 Å². The molecule has 1 aromatic rings. The average molecular weight is 281 g/mol.